The van der Waals surface area contributed by atoms with E-state index in [1.807, 2.05) is 0 Å². The zero-order chi connectivity index (χ0) is 15.5. The van der Waals surface area contributed by atoms with Crippen LogP contribution in [0.25, 0.3) is 0 Å². The van der Waals surface area contributed by atoms with Crippen LogP contribution in [0, 0.1) is 35.5 Å². The lowest BCUT2D eigenvalue weighted by molar-refractivity contribution is -0.777. The van der Waals surface area contributed by atoms with Crippen LogP contribution in [0.2, 0.25) is 0 Å². The van der Waals surface area contributed by atoms with E-state index in [4.69, 9.17) is 4.74 Å². The van der Waals surface area contributed by atoms with Gasteiger partial charge in [0.1, 0.15) is 18.1 Å². The summed E-state index contributed by atoms with van der Waals surface area (Å²) in [4.78, 5) is 11.6. The van der Waals surface area contributed by atoms with Gasteiger partial charge in [0.2, 0.25) is 0 Å². The van der Waals surface area contributed by atoms with Crippen LogP contribution in [0.4, 0.5) is 8.78 Å². The molecule has 22 heavy (non-hydrogen) atoms. The summed E-state index contributed by atoms with van der Waals surface area (Å²) in [5, 5.41) is 8.55. The first-order valence-corrected chi connectivity index (χ1v) is 8.48. The highest BCUT2D eigenvalue weighted by Crippen LogP contribution is 2.67. The van der Waals surface area contributed by atoms with Crippen LogP contribution >= 0.6 is 12.0 Å². The summed E-state index contributed by atoms with van der Waals surface area (Å²) in [6, 6.07) is 0. The van der Waals surface area contributed by atoms with Crippen LogP contribution in [-0.2, 0) is 18.9 Å². The van der Waals surface area contributed by atoms with Crippen molar-refractivity contribution in [3.63, 3.8) is 0 Å². The van der Waals surface area contributed by atoms with Crippen LogP contribution in [0.3, 0.4) is 0 Å². The normalized spacial score (nSPS) is 45.3. The molecule has 4 bridgehead atoms. The van der Waals surface area contributed by atoms with Crippen LogP contribution in [0.1, 0.15) is 32.1 Å². The summed E-state index contributed by atoms with van der Waals surface area (Å²) in [6.45, 7) is 0. The molecule has 4 saturated carbocycles. The summed E-state index contributed by atoms with van der Waals surface area (Å²) in [7, 11) is 0. The van der Waals surface area contributed by atoms with Gasteiger partial charge in [-0.3, -0.25) is 5.04 Å². The van der Waals surface area contributed by atoms with Gasteiger partial charge in [-0.1, -0.05) is 0 Å². The molecule has 0 amide bonds. The van der Waals surface area contributed by atoms with E-state index >= 15 is 0 Å². The Hall–Kier alpha value is -0.440. The van der Waals surface area contributed by atoms with Gasteiger partial charge in [-0.05, 0) is 67.6 Å². The van der Waals surface area contributed by atoms with Crippen LogP contribution in [-0.4, -0.2) is 17.3 Å². The molecule has 0 aromatic rings. The molecule has 0 spiro atoms. The molecule has 0 aromatic carbocycles. The Morgan fingerprint density at radius 1 is 1.09 bits per heavy atom. The average Bonchev–Trinajstić information content (AvgIpc) is 3.22. The highest BCUT2D eigenvalue weighted by atomic mass is 32.2. The maximum atomic E-state index is 13.5. The molecule has 0 aliphatic heterocycles. The molecule has 4 fully saturated rings. The number of halogens is 2. The quantitative estimate of drug-likeness (QED) is 0.252. The van der Waals surface area contributed by atoms with Crippen LogP contribution in [0.5, 0.6) is 0 Å². The largest absolute Gasteiger partial charge is 0.691 e. The van der Waals surface area contributed by atoms with Crippen molar-refractivity contribution < 1.29 is 32.9 Å². The average molecular weight is 335 g/mol. The van der Waals surface area contributed by atoms with E-state index in [0.29, 0.717) is 24.2 Å². The van der Waals surface area contributed by atoms with Crippen LogP contribution in [0.15, 0.2) is 0 Å². The van der Waals surface area contributed by atoms with Crippen LogP contribution < -0.4 is 5.26 Å². The lowest BCUT2D eigenvalue weighted by Crippen LogP contribution is -2.40. The Morgan fingerprint density at radius 3 is 2.55 bits per heavy atom. The van der Waals surface area contributed by atoms with Gasteiger partial charge in [-0.25, -0.2) is 4.79 Å². The van der Waals surface area contributed by atoms with E-state index in [0.717, 1.165) is 18.3 Å². The first kappa shape index (κ1) is 15.1. The zero-order valence-corrected chi connectivity index (χ0v) is 12.6. The van der Waals surface area contributed by atoms with Crippen molar-refractivity contribution in [3.8, 4) is 0 Å². The Balaban J connectivity index is 1.40. The molecule has 0 aromatic heterocycles. The molecule has 4 aliphatic carbocycles. The molecule has 5 nitrogen and oxygen atoms in total. The number of fused-ring (bicyclic) bond motifs is 9. The van der Waals surface area contributed by atoms with Crippen molar-refractivity contribution in [2.24, 2.45) is 35.5 Å². The topological polar surface area (TPSA) is 67.8 Å². The summed E-state index contributed by atoms with van der Waals surface area (Å²) in [5.74, 6) is 1.88. The van der Waals surface area contributed by atoms with Crippen molar-refractivity contribution in [1.82, 2.24) is 0 Å². The van der Waals surface area contributed by atoms with E-state index < -0.39 is 29.4 Å². The molecule has 0 heterocycles. The minimum atomic E-state index is -3.93. The fourth-order valence-electron chi connectivity index (χ4n) is 5.94. The predicted octanol–water partition coefficient (Wildman–Crippen LogP) is 2.06. The van der Waals surface area contributed by atoms with Gasteiger partial charge in [0.05, 0.1) is 0 Å². The number of carbonyl (C=O) groups is 1. The summed E-state index contributed by atoms with van der Waals surface area (Å²) in [6.07, 6.45) is 5.08. The monoisotopic (exact) mass is 335 g/mol. The molecule has 4 aliphatic rings. The molecule has 7 unspecified atom stereocenters. The lowest BCUT2D eigenvalue weighted by Gasteiger charge is -2.38. The molecule has 0 N–H and O–H groups in total. The molecule has 8 heteroatoms. The summed E-state index contributed by atoms with van der Waals surface area (Å²) in [5.41, 5.74) is 0. The Labute approximate surface area is 130 Å². The standard InChI is InChI=1S/C14H18F2O5S/c15-14(16,22-21-20-18)13(17)19-10-5-8-4-9(10)12-7-2-1-6(3-7)11(8)12/h6-12,18H,1-5H2/p-1. The van der Waals surface area contributed by atoms with Gasteiger partial charge in [0.25, 0.3) is 0 Å². The van der Waals surface area contributed by atoms with Gasteiger partial charge in [0.15, 0.2) is 0 Å². The van der Waals surface area contributed by atoms with Gasteiger partial charge in [0, 0.05) is 0 Å². The smallest absolute Gasteiger partial charge is 0.415 e. The highest BCUT2D eigenvalue weighted by Gasteiger charge is 2.63. The second-order valence-corrected chi connectivity index (χ2v) is 7.88. The zero-order valence-electron chi connectivity index (χ0n) is 11.8. The second kappa shape index (κ2) is 5.29. The third-order valence-corrected chi connectivity index (χ3v) is 6.84. The number of esters is 1. The first-order valence-electron chi connectivity index (χ1n) is 7.74. The Bertz CT molecular complexity index is 476. The van der Waals surface area contributed by atoms with E-state index in [1.165, 1.54) is 19.3 Å². The van der Waals surface area contributed by atoms with Gasteiger partial charge in [-0.2, -0.15) is 13.1 Å². The third-order valence-electron chi connectivity index (χ3n) is 6.34. The molecule has 7 atom stereocenters. The van der Waals surface area contributed by atoms with Gasteiger partial charge < -0.3 is 9.99 Å². The number of alkyl halides is 2. The number of rotatable bonds is 5. The minimum absolute atomic E-state index is 0.228. The second-order valence-electron chi connectivity index (χ2n) is 7.06. The third kappa shape index (κ3) is 2.18. The first-order chi connectivity index (χ1) is 10.5. The van der Waals surface area contributed by atoms with Crippen molar-refractivity contribution in [2.75, 3.05) is 0 Å². The molecular weight excluding hydrogens is 318 g/mol. The maximum Gasteiger partial charge on any atom is 0.415 e. The van der Waals surface area contributed by atoms with Crippen molar-refractivity contribution >= 4 is 18.0 Å². The molecular formula is C14H17F2O5S-. The predicted molar refractivity (Wildman–Crippen MR) is 68.6 cm³/mol. The van der Waals surface area contributed by atoms with E-state index in [1.54, 1.807) is 0 Å². The number of ether oxygens (including phenoxy) is 1. The molecule has 0 saturated heterocycles. The lowest BCUT2D eigenvalue weighted by atomic mass is 9.70. The van der Waals surface area contributed by atoms with Gasteiger partial charge >= 0.3 is 11.2 Å². The van der Waals surface area contributed by atoms with E-state index in [2.05, 4.69) is 9.37 Å². The minimum Gasteiger partial charge on any atom is -0.691 e. The number of hydrogen-bond donors (Lipinski definition) is 0. The van der Waals surface area contributed by atoms with Gasteiger partial charge in [-0.15, -0.1) is 0 Å². The van der Waals surface area contributed by atoms with E-state index in [9.17, 15) is 18.8 Å². The molecule has 124 valence electrons. The Kier molecular flexibility index (Phi) is 3.63. The summed E-state index contributed by atoms with van der Waals surface area (Å²) < 4.78 is 35.6. The fraction of sp³-hybridized carbons (Fsp3) is 0.929. The van der Waals surface area contributed by atoms with Crippen molar-refractivity contribution in [1.29, 1.82) is 0 Å². The summed E-state index contributed by atoms with van der Waals surface area (Å²) >= 11 is -0.621. The fourth-order valence-corrected chi connectivity index (χ4v) is 6.17. The Morgan fingerprint density at radius 2 is 1.82 bits per heavy atom. The maximum absolute atomic E-state index is 13.5. The SMILES string of the molecule is O=C(OC1CC2CC1C1C3CCC(C3)C21)C(F)(F)SOO[O-]. The molecule has 0 radical (unpaired) electrons. The number of carbonyl (C=O) groups excluding carboxylic acids is 1. The molecule has 4 rings (SSSR count). The van der Waals surface area contributed by atoms with E-state index in [-0.39, 0.29) is 5.92 Å². The van der Waals surface area contributed by atoms with Crippen molar-refractivity contribution in [3.05, 3.63) is 0 Å². The highest BCUT2D eigenvalue weighted by molar-refractivity contribution is 7.96. The number of hydrogen-bond acceptors (Lipinski definition) is 6. The van der Waals surface area contributed by atoms with Crippen molar-refractivity contribution in [2.45, 2.75) is 43.5 Å².